The summed E-state index contributed by atoms with van der Waals surface area (Å²) in [5.41, 5.74) is -0.483. The van der Waals surface area contributed by atoms with Gasteiger partial charge in [-0.3, -0.25) is 4.79 Å². The van der Waals surface area contributed by atoms with Gasteiger partial charge in [-0.25, -0.2) is 4.79 Å². The van der Waals surface area contributed by atoms with Crippen LogP contribution in [-0.2, 0) is 14.3 Å². The zero-order valence-corrected chi connectivity index (χ0v) is 12.6. The van der Waals surface area contributed by atoms with Crippen LogP contribution >= 0.6 is 0 Å². The van der Waals surface area contributed by atoms with Crippen molar-refractivity contribution in [2.24, 2.45) is 5.92 Å². The molecule has 0 spiro atoms. The number of carbonyl (C=O) groups is 2. The van der Waals surface area contributed by atoms with Crippen molar-refractivity contribution in [2.45, 2.75) is 52.7 Å². The van der Waals surface area contributed by atoms with Crippen molar-refractivity contribution in [2.75, 3.05) is 19.7 Å². The number of likely N-dealkylation sites (tertiary alicyclic amines) is 1. The SMILES string of the molecule is CC(C)C(=O)CO[C@@H]1CCN(C(=O)OC(C)(C)C)C1. The Morgan fingerprint density at radius 1 is 1.32 bits per heavy atom. The smallest absolute Gasteiger partial charge is 0.410 e. The minimum absolute atomic E-state index is 0.0108. The number of hydrogen-bond donors (Lipinski definition) is 0. The van der Waals surface area contributed by atoms with Crippen molar-refractivity contribution in [1.82, 2.24) is 4.90 Å². The van der Waals surface area contributed by atoms with E-state index < -0.39 is 5.60 Å². The van der Waals surface area contributed by atoms with Crippen LogP contribution in [-0.4, -0.2) is 48.2 Å². The quantitative estimate of drug-likeness (QED) is 0.787. The summed E-state index contributed by atoms with van der Waals surface area (Å²) in [7, 11) is 0. The third-order valence-electron chi connectivity index (χ3n) is 2.90. The first-order valence-electron chi connectivity index (χ1n) is 6.81. The van der Waals surface area contributed by atoms with Gasteiger partial charge in [-0.2, -0.15) is 0 Å². The fraction of sp³-hybridized carbons (Fsp3) is 0.857. The van der Waals surface area contributed by atoms with Crippen LogP contribution in [0.15, 0.2) is 0 Å². The van der Waals surface area contributed by atoms with Gasteiger partial charge in [-0.05, 0) is 27.2 Å². The molecule has 0 unspecified atom stereocenters. The molecule has 0 N–H and O–H groups in total. The molecule has 1 rings (SSSR count). The van der Waals surface area contributed by atoms with E-state index in [1.54, 1.807) is 4.90 Å². The molecule has 0 aromatic heterocycles. The van der Waals surface area contributed by atoms with Crippen molar-refractivity contribution >= 4 is 11.9 Å². The lowest BCUT2D eigenvalue weighted by molar-refractivity contribution is -0.128. The van der Waals surface area contributed by atoms with Crippen LogP contribution in [0.25, 0.3) is 0 Å². The van der Waals surface area contributed by atoms with E-state index in [0.29, 0.717) is 13.1 Å². The lowest BCUT2D eigenvalue weighted by Crippen LogP contribution is -2.36. The number of Topliss-reactive ketones (excluding diaryl/α,β-unsaturated/α-hetero) is 1. The second kappa shape index (κ2) is 6.37. The molecule has 0 saturated carbocycles. The summed E-state index contributed by atoms with van der Waals surface area (Å²) >= 11 is 0. The molecule has 1 aliphatic rings. The number of hydrogen-bond acceptors (Lipinski definition) is 4. The lowest BCUT2D eigenvalue weighted by Gasteiger charge is -2.24. The zero-order chi connectivity index (χ0) is 14.6. The highest BCUT2D eigenvalue weighted by Gasteiger charge is 2.30. The predicted octanol–water partition coefficient (Wildman–Crippen LogP) is 2.24. The molecule has 1 fully saturated rings. The van der Waals surface area contributed by atoms with Gasteiger partial charge in [0.05, 0.1) is 12.6 Å². The van der Waals surface area contributed by atoms with Crippen molar-refractivity contribution < 1.29 is 19.1 Å². The third-order valence-corrected chi connectivity index (χ3v) is 2.90. The normalized spacial score (nSPS) is 19.9. The summed E-state index contributed by atoms with van der Waals surface area (Å²) in [6.07, 6.45) is 0.383. The Kier molecular flexibility index (Phi) is 5.35. The molecule has 0 aromatic rings. The molecular formula is C14H25NO4. The van der Waals surface area contributed by atoms with E-state index >= 15 is 0 Å². The number of ether oxygens (including phenoxy) is 2. The van der Waals surface area contributed by atoms with Gasteiger partial charge in [0.25, 0.3) is 0 Å². The molecular weight excluding hydrogens is 246 g/mol. The average Bonchev–Trinajstić information content (AvgIpc) is 2.71. The summed E-state index contributed by atoms with van der Waals surface area (Å²) in [6, 6.07) is 0. The Hall–Kier alpha value is -1.10. The predicted molar refractivity (Wildman–Crippen MR) is 72.0 cm³/mol. The minimum atomic E-state index is -0.483. The van der Waals surface area contributed by atoms with Gasteiger partial charge >= 0.3 is 6.09 Å². The van der Waals surface area contributed by atoms with Crippen molar-refractivity contribution in [1.29, 1.82) is 0 Å². The molecule has 1 saturated heterocycles. The maximum Gasteiger partial charge on any atom is 0.410 e. The van der Waals surface area contributed by atoms with E-state index in [1.807, 2.05) is 34.6 Å². The molecule has 5 nitrogen and oxygen atoms in total. The Labute approximate surface area is 115 Å². The minimum Gasteiger partial charge on any atom is -0.444 e. The summed E-state index contributed by atoms with van der Waals surface area (Å²) in [5, 5.41) is 0. The van der Waals surface area contributed by atoms with Crippen LogP contribution in [0.4, 0.5) is 4.79 Å². The third kappa shape index (κ3) is 5.59. The van der Waals surface area contributed by atoms with E-state index in [-0.39, 0.29) is 30.5 Å². The van der Waals surface area contributed by atoms with Gasteiger partial charge in [-0.1, -0.05) is 13.8 Å². The van der Waals surface area contributed by atoms with Crippen LogP contribution in [0.1, 0.15) is 41.0 Å². The fourth-order valence-corrected chi connectivity index (χ4v) is 1.72. The van der Waals surface area contributed by atoms with Gasteiger partial charge in [0, 0.05) is 12.5 Å². The van der Waals surface area contributed by atoms with Gasteiger partial charge in [0.15, 0.2) is 5.78 Å². The average molecular weight is 271 g/mol. The molecule has 1 aliphatic heterocycles. The standard InChI is InChI=1S/C14H25NO4/c1-10(2)12(16)9-18-11-6-7-15(8-11)13(17)19-14(3,4)5/h10-11H,6-9H2,1-5H3/t11-/m1/s1. The van der Waals surface area contributed by atoms with Crippen molar-refractivity contribution in [3.8, 4) is 0 Å². The molecule has 0 aromatic carbocycles. The Balaban J connectivity index is 2.34. The highest BCUT2D eigenvalue weighted by atomic mass is 16.6. The maximum absolute atomic E-state index is 11.8. The van der Waals surface area contributed by atoms with Crippen molar-refractivity contribution in [3.63, 3.8) is 0 Å². The largest absolute Gasteiger partial charge is 0.444 e. The van der Waals surface area contributed by atoms with Gasteiger partial charge in [-0.15, -0.1) is 0 Å². The summed E-state index contributed by atoms with van der Waals surface area (Å²) in [4.78, 5) is 24.9. The topological polar surface area (TPSA) is 55.8 Å². The Bertz CT molecular complexity index is 333. The first-order chi connectivity index (χ1) is 8.69. The van der Waals surface area contributed by atoms with E-state index in [9.17, 15) is 9.59 Å². The van der Waals surface area contributed by atoms with Crippen molar-refractivity contribution in [3.05, 3.63) is 0 Å². The molecule has 1 heterocycles. The van der Waals surface area contributed by atoms with Crippen LogP contribution in [0.2, 0.25) is 0 Å². The zero-order valence-electron chi connectivity index (χ0n) is 12.6. The lowest BCUT2D eigenvalue weighted by atomic mass is 10.1. The second-order valence-corrected chi connectivity index (χ2v) is 6.27. The monoisotopic (exact) mass is 271 g/mol. The molecule has 0 bridgehead atoms. The number of carbonyl (C=O) groups excluding carboxylic acids is 2. The second-order valence-electron chi connectivity index (χ2n) is 6.27. The van der Waals surface area contributed by atoms with E-state index in [2.05, 4.69) is 0 Å². The molecule has 1 atom stereocenters. The summed E-state index contributed by atoms with van der Waals surface area (Å²) in [5.74, 6) is 0.0825. The highest BCUT2D eigenvalue weighted by Crippen LogP contribution is 2.17. The van der Waals surface area contributed by atoms with E-state index in [4.69, 9.17) is 9.47 Å². The summed E-state index contributed by atoms with van der Waals surface area (Å²) < 4.78 is 10.8. The van der Waals surface area contributed by atoms with E-state index in [0.717, 1.165) is 6.42 Å². The Morgan fingerprint density at radius 2 is 1.95 bits per heavy atom. The fourth-order valence-electron chi connectivity index (χ4n) is 1.72. The maximum atomic E-state index is 11.8. The molecule has 0 aliphatic carbocycles. The number of ketones is 1. The number of amides is 1. The van der Waals surface area contributed by atoms with Crippen LogP contribution in [0.5, 0.6) is 0 Å². The summed E-state index contributed by atoms with van der Waals surface area (Å²) in [6.45, 7) is 10.5. The Morgan fingerprint density at radius 3 is 2.47 bits per heavy atom. The van der Waals surface area contributed by atoms with Crippen LogP contribution < -0.4 is 0 Å². The molecule has 1 amide bonds. The first-order valence-corrected chi connectivity index (χ1v) is 6.81. The number of rotatable bonds is 4. The highest BCUT2D eigenvalue weighted by molar-refractivity contribution is 5.81. The number of nitrogens with zero attached hydrogens (tertiary/aromatic N) is 1. The van der Waals surface area contributed by atoms with Crippen LogP contribution in [0, 0.1) is 5.92 Å². The van der Waals surface area contributed by atoms with E-state index in [1.165, 1.54) is 0 Å². The molecule has 0 radical (unpaired) electrons. The van der Waals surface area contributed by atoms with Gasteiger partial charge in [0.1, 0.15) is 12.2 Å². The molecule has 110 valence electrons. The molecule has 5 heteroatoms. The van der Waals surface area contributed by atoms with Gasteiger partial charge in [0.2, 0.25) is 0 Å². The first kappa shape index (κ1) is 16.0. The molecule has 19 heavy (non-hydrogen) atoms. The van der Waals surface area contributed by atoms with Crippen LogP contribution in [0.3, 0.4) is 0 Å². The van der Waals surface area contributed by atoms with Gasteiger partial charge < -0.3 is 14.4 Å².